The Kier molecular flexibility index (Phi) is 4.05. The number of rotatable bonds is 4. The Hall–Kier alpha value is -0.610. The van der Waals surface area contributed by atoms with Crippen molar-refractivity contribution in [2.75, 3.05) is 19.8 Å². The van der Waals surface area contributed by atoms with Gasteiger partial charge in [0.25, 0.3) is 0 Å². The lowest BCUT2D eigenvalue weighted by molar-refractivity contribution is -0.130. The van der Waals surface area contributed by atoms with Gasteiger partial charge in [-0.15, -0.1) is 0 Å². The van der Waals surface area contributed by atoms with Gasteiger partial charge in [-0.3, -0.25) is 10.1 Å². The molecule has 0 aromatic carbocycles. The van der Waals surface area contributed by atoms with Gasteiger partial charge in [-0.05, 0) is 31.6 Å². The third-order valence-electron chi connectivity index (χ3n) is 3.84. The monoisotopic (exact) mass is 240 g/mol. The van der Waals surface area contributed by atoms with Gasteiger partial charge in [-0.1, -0.05) is 13.8 Å². The lowest BCUT2D eigenvalue weighted by atomic mass is 10.0. The SMILES string of the molecule is CC1NC(C(C)C)N(CCC2CCOC2)C1=O. The van der Waals surface area contributed by atoms with E-state index in [1.807, 2.05) is 11.8 Å². The van der Waals surface area contributed by atoms with Crippen molar-refractivity contribution in [3.05, 3.63) is 0 Å². The highest BCUT2D eigenvalue weighted by molar-refractivity contribution is 5.83. The Bertz CT molecular complexity index is 275. The number of carbonyl (C=O) groups excluding carboxylic acids is 1. The number of hydrogen-bond acceptors (Lipinski definition) is 3. The Balaban J connectivity index is 1.89. The molecular formula is C13H24N2O2. The van der Waals surface area contributed by atoms with E-state index in [1.54, 1.807) is 0 Å². The van der Waals surface area contributed by atoms with Crippen LogP contribution in [0.4, 0.5) is 0 Å². The van der Waals surface area contributed by atoms with E-state index in [-0.39, 0.29) is 18.1 Å². The van der Waals surface area contributed by atoms with Gasteiger partial charge in [0.15, 0.2) is 0 Å². The van der Waals surface area contributed by atoms with Crippen LogP contribution in [0, 0.1) is 11.8 Å². The Morgan fingerprint density at radius 2 is 2.29 bits per heavy atom. The van der Waals surface area contributed by atoms with Crippen LogP contribution in [0.5, 0.6) is 0 Å². The zero-order valence-electron chi connectivity index (χ0n) is 11.1. The maximum Gasteiger partial charge on any atom is 0.240 e. The van der Waals surface area contributed by atoms with E-state index in [9.17, 15) is 4.79 Å². The summed E-state index contributed by atoms with van der Waals surface area (Å²) in [5.74, 6) is 1.36. The van der Waals surface area contributed by atoms with Gasteiger partial charge in [0.2, 0.25) is 5.91 Å². The van der Waals surface area contributed by atoms with Crippen LogP contribution in [-0.4, -0.2) is 42.8 Å². The van der Waals surface area contributed by atoms with Crippen molar-refractivity contribution in [1.29, 1.82) is 0 Å². The summed E-state index contributed by atoms with van der Waals surface area (Å²) in [7, 11) is 0. The molecule has 3 unspecified atom stereocenters. The molecule has 1 N–H and O–H groups in total. The van der Waals surface area contributed by atoms with Crippen molar-refractivity contribution in [1.82, 2.24) is 10.2 Å². The lowest BCUT2D eigenvalue weighted by Crippen LogP contribution is -2.42. The second-order valence-electron chi connectivity index (χ2n) is 5.63. The number of ether oxygens (including phenoxy) is 1. The number of nitrogens with one attached hydrogen (secondary N) is 1. The molecule has 2 aliphatic heterocycles. The first-order chi connectivity index (χ1) is 8.09. The van der Waals surface area contributed by atoms with Gasteiger partial charge in [-0.2, -0.15) is 0 Å². The highest BCUT2D eigenvalue weighted by Gasteiger charge is 2.37. The molecule has 0 radical (unpaired) electrons. The number of nitrogens with zero attached hydrogens (tertiary/aromatic N) is 1. The minimum atomic E-state index is -0.0257. The fourth-order valence-electron chi connectivity index (χ4n) is 2.74. The first-order valence-electron chi connectivity index (χ1n) is 6.74. The standard InChI is InChI=1S/C13H24N2O2/c1-9(2)12-14-10(3)13(16)15(12)6-4-11-5-7-17-8-11/h9-12,14H,4-8H2,1-3H3. The van der Waals surface area contributed by atoms with Crippen LogP contribution in [0.2, 0.25) is 0 Å². The lowest BCUT2D eigenvalue weighted by Gasteiger charge is -2.28. The minimum absolute atomic E-state index is 0.0257. The van der Waals surface area contributed by atoms with Crippen LogP contribution in [0.25, 0.3) is 0 Å². The molecule has 2 aliphatic rings. The maximum absolute atomic E-state index is 12.1. The van der Waals surface area contributed by atoms with Crippen molar-refractivity contribution < 1.29 is 9.53 Å². The van der Waals surface area contributed by atoms with Gasteiger partial charge < -0.3 is 9.64 Å². The topological polar surface area (TPSA) is 41.6 Å². The number of carbonyl (C=O) groups is 1. The molecule has 4 nitrogen and oxygen atoms in total. The predicted octanol–water partition coefficient (Wildman–Crippen LogP) is 1.22. The summed E-state index contributed by atoms with van der Waals surface area (Å²) >= 11 is 0. The van der Waals surface area contributed by atoms with Gasteiger partial charge in [0.1, 0.15) is 0 Å². The fraction of sp³-hybridized carbons (Fsp3) is 0.923. The molecule has 2 fully saturated rings. The van der Waals surface area contributed by atoms with Crippen molar-refractivity contribution in [3.63, 3.8) is 0 Å². The normalized spacial score (nSPS) is 34.0. The quantitative estimate of drug-likeness (QED) is 0.803. The molecule has 4 heteroatoms. The van der Waals surface area contributed by atoms with Crippen LogP contribution in [-0.2, 0) is 9.53 Å². The molecule has 0 bridgehead atoms. The molecule has 2 saturated heterocycles. The van der Waals surface area contributed by atoms with E-state index in [0.29, 0.717) is 11.8 Å². The van der Waals surface area contributed by atoms with Gasteiger partial charge >= 0.3 is 0 Å². The molecule has 0 spiro atoms. The summed E-state index contributed by atoms with van der Waals surface area (Å²) in [5, 5.41) is 3.37. The van der Waals surface area contributed by atoms with Crippen LogP contribution >= 0.6 is 0 Å². The second kappa shape index (κ2) is 5.36. The molecule has 0 saturated carbocycles. The van der Waals surface area contributed by atoms with Gasteiger partial charge in [-0.25, -0.2) is 0 Å². The average molecular weight is 240 g/mol. The van der Waals surface area contributed by atoms with Crippen molar-refractivity contribution in [2.24, 2.45) is 11.8 Å². The first kappa shape index (κ1) is 12.8. The molecule has 0 aromatic heterocycles. The Morgan fingerprint density at radius 1 is 1.53 bits per heavy atom. The van der Waals surface area contributed by atoms with E-state index >= 15 is 0 Å². The molecule has 0 aliphatic carbocycles. The third kappa shape index (κ3) is 2.80. The van der Waals surface area contributed by atoms with Crippen LogP contribution < -0.4 is 5.32 Å². The number of amides is 1. The smallest absolute Gasteiger partial charge is 0.240 e. The maximum atomic E-state index is 12.1. The summed E-state index contributed by atoms with van der Waals surface area (Å²) in [4.78, 5) is 14.1. The fourth-order valence-corrected chi connectivity index (χ4v) is 2.74. The number of hydrogen-bond donors (Lipinski definition) is 1. The zero-order chi connectivity index (χ0) is 12.4. The molecule has 2 heterocycles. The van der Waals surface area contributed by atoms with Crippen molar-refractivity contribution >= 4 is 5.91 Å². The molecule has 0 aromatic rings. The highest BCUT2D eigenvalue weighted by Crippen LogP contribution is 2.21. The van der Waals surface area contributed by atoms with Crippen molar-refractivity contribution in [2.45, 2.75) is 45.8 Å². The minimum Gasteiger partial charge on any atom is -0.381 e. The van der Waals surface area contributed by atoms with Crippen LogP contribution in [0.1, 0.15) is 33.6 Å². The Morgan fingerprint density at radius 3 is 2.88 bits per heavy atom. The van der Waals surface area contributed by atoms with E-state index in [4.69, 9.17) is 4.74 Å². The summed E-state index contributed by atoms with van der Waals surface area (Å²) in [6.07, 6.45) is 2.43. The highest BCUT2D eigenvalue weighted by atomic mass is 16.5. The average Bonchev–Trinajstić information content (AvgIpc) is 2.87. The third-order valence-corrected chi connectivity index (χ3v) is 3.84. The van der Waals surface area contributed by atoms with Crippen LogP contribution in [0.3, 0.4) is 0 Å². The van der Waals surface area contributed by atoms with E-state index < -0.39 is 0 Å². The largest absolute Gasteiger partial charge is 0.381 e. The van der Waals surface area contributed by atoms with Gasteiger partial charge in [0.05, 0.1) is 12.2 Å². The zero-order valence-corrected chi connectivity index (χ0v) is 11.1. The summed E-state index contributed by atoms with van der Waals surface area (Å²) in [6, 6.07) is -0.0257. The second-order valence-corrected chi connectivity index (χ2v) is 5.63. The molecule has 2 rings (SSSR count). The first-order valence-corrected chi connectivity index (χ1v) is 6.74. The predicted molar refractivity (Wildman–Crippen MR) is 66.5 cm³/mol. The van der Waals surface area contributed by atoms with Crippen LogP contribution in [0.15, 0.2) is 0 Å². The van der Waals surface area contributed by atoms with E-state index in [0.717, 1.165) is 32.6 Å². The molecule has 3 atom stereocenters. The summed E-state index contributed by atoms with van der Waals surface area (Å²) < 4.78 is 5.38. The molecular weight excluding hydrogens is 216 g/mol. The Labute approximate surface area is 104 Å². The molecule has 98 valence electrons. The van der Waals surface area contributed by atoms with Crippen molar-refractivity contribution in [3.8, 4) is 0 Å². The van der Waals surface area contributed by atoms with Gasteiger partial charge in [0, 0.05) is 19.8 Å². The summed E-state index contributed by atoms with van der Waals surface area (Å²) in [6.45, 7) is 8.91. The van der Waals surface area contributed by atoms with E-state index in [1.165, 1.54) is 0 Å². The summed E-state index contributed by atoms with van der Waals surface area (Å²) in [5.41, 5.74) is 0. The molecule has 1 amide bonds. The molecule has 17 heavy (non-hydrogen) atoms. The van der Waals surface area contributed by atoms with E-state index in [2.05, 4.69) is 19.2 Å².